The summed E-state index contributed by atoms with van der Waals surface area (Å²) in [5, 5.41) is 4.65. The molecule has 0 fully saturated rings. The number of benzene rings is 1. The second-order valence-corrected chi connectivity index (χ2v) is 6.56. The Morgan fingerprint density at radius 2 is 2.00 bits per heavy atom. The van der Waals surface area contributed by atoms with Crippen molar-refractivity contribution in [2.45, 2.75) is 46.6 Å². The van der Waals surface area contributed by atoms with Gasteiger partial charge in [-0.25, -0.2) is 4.98 Å². The highest BCUT2D eigenvalue weighted by Gasteiger charge is 2.15. The smallest absolute Gasteiger partial charge is 0.124 e. The van der Waals surface area contributed by atoms with Gasteiger partial charge in [-0.15, -0.1) is 11.3 Å². The van der Waals surface area contributed by atoms with Crippen LogP contribution in [-0.2, 0) is 6.54 Å². The van der Waals surface area contributed by atoms with Gasteiger partial charge in [-0.3, -0.25) is 0 Å². The van der Waals surface area contributed by atoms with Crippen molar-refractivity contribution in [1.82, 2.24) is 10.3 Å². The van der Waals surface area contributed by atoms with Gasteiger partial charge in [0.15, 0.2) is 0 Å². The molecule has 0 bridgehead atoms. The molecule has 0 spiro atoms. The molecule has 0 atom stereocenters. The van der Waals surface area contributed by atoms with Crippen LogP contribution in [0.3, 0.4) is 0 Å². The number of hydrogen-bond donors (Lipinski definition) is 1. The standard InChI is InChI=1S/C17H24N2S/c1-5-10-18-11-15-16(12(2)3)19-17(20-15)14-9-7-6-8-13(14)4/h6-9,12,18H,5,10-11H2,1-4H3. The normalized spacial score (nSPS) is 11.2. The van der Waals surface area contributed by atoms with Gasteiger partial charge in [0.1, 0.15) is 5.01 Å². The maximum atomic E-state index is 4.90. The summed E-state index contributed by atoms with van der Waals surface area (Å²) in [6.45, 7) is 10.8. The second kappa shape index (κ2) is 7.00. The van der Waals surface area contributed by atoms with Gasteiger partial charge >= 0.3 is 0 Å². The Labute approximate surface area is 126 Å². The molecule has 1 aromatic carbocycles. The van der Waals surface area contributed by atoms with E-state index in [2.05, 4.69) is 57.3 Å². The molecule has 1 N–H and O–H groups in total. The SMILES string of the molecule is CCCNCc1sc(-c2ccccc2C)nc1C(C)C. The molecule has 20 heavy (non-hydrogen) atoms. The first-order valence-corrected chi connectivity index (χ1v) is 8.21. The molecule has 0 aliphatic carbocycles. The Morgan fingerprint density at radius 3 is 2.65 bits per heavy atom. The number of nitrogens with zero attached hydrogens (tertiary/aromatic N) is 1. The molecule has 2 aromatic rings. The van der Waals surface area contributed by atoms with Gasteiger partial charge < -0.3 is 5.32 Å². The number of aromatic nitrogens is 1. The van der Waals surface area contributed by atoms with Crippen LogP contribution in [-0.4, -0.2) is 11.5 Å². The van der Waals surface area contributed by atoms with Crippen molar-refractivity contribution in [2.75, 3.05) is 6.54 Å². The van der Waals surface area contributed by atoms with E-state index < -0.39 is 0 Å². The predicted molar refractivity (Wildman–Crippen MR) is 88.4 cm³/mol. The molecule has 0 radical (unpaired) electrons. The van der Waals surface area contributed by atoms with Crippen LogP contribution in [0, 0.1) is 6.92 Å². The fourth-order valence-electron chi connectivity index (χ4n) is 2.25. The zero-order valence-corrected chi connectivity index (χ0v) is 13.7. The van der Waals surface area contributed by atoms with Crippen molar-refractivity contribution < 1.29 is 0 Å². The Hall–Kier alpha value is -1.19. The fourth-order valence-corrected chi connectivity index (χ4v) is 3.52. The van der Waals surface area contributed by atoms with Crippen LogP contribution < -0.4 is 5.32 Å². The first kappa shape index (κ1) is 15.2. The molecule has 0 saturated heterocycles. The molecule has 0 aliphatic heterocycles. The minimum Gasteiger partial charge on any atom is -0.312 e. The van der Waals surface area contributed by atoms with Gasteiger partial charge in [0.25, 0.3) is 0 Å². The lowest BCUT2D eigenvalue weighted by Gasteiger charge is -2.05. The minimum atomic E-state index is 0.474. The average molecular weight is 288 g/mol. The van der Waals surface area contributed by atoms with Gasteiger partial charge in [-0.1, -0.05) is 45.0 Å². The molecular weight excluding hydrogens is 264 g/mol. The monoisotopic (exact) mass is 288 g/mol. The Balaban J connectivity index is 2.31. The minimum absolute atomic E-state index is 0.474. The van der Waals surface area contributed by atoms with E-state index >= 15 is 0 Å². The topological polar surface area (TPSA) is 24.9 Å². The number of nitrogens with one attached hydrogen (secondary N) is 1. The highest BCUT2D eigenvalue weighted by Crippen LogP contribution is 2.33. The van der Waals surface area contributed by atoms with Crippen LogP contribution in [0.5, 0.6) is 0 Å². The number of aryl methyl sites for hydroxylation is 1. The Morgan fingerprint density at radius 1 is 1.25 bits per heavy atom. The van der Waals surface area contributed by atoms with E-state index in [1.54, 1.807) is 0 Å². The summed E-state index contributed by atoms with van der Waals surface area (Å²) >= 11 is 1.83. The van der Waals surface area contributed by atoms with Crippen LogP contribution in [0.4, 0.5) is 0 Å². The largest absolute Gasteiger partial charge is 0.312 e. The van der Waals surface area contributed by atoms with Crippen LogP contribution >= 0.6 is 11.3 Å². The highest BCUT2D eigenvalue weighted by atomic mass is 32.1. The van der Waals surface area contributed by atoms with Gasteiger partial charge in [-0.2, -0.15) is 0 Å². The summed E-state index contributed by atoms with van der Waals surface area (Å²) in [7, 11) is 0. The van der Waals surface area contributed by atoms with Crippen molar-refractivity contribution in [3.63, 3.8) is 0 Å². The summed E-state index contributed by atoms with van der Waals surface area (Å²) < 4.78 is 0. The molecule has 3 heteroatoms. The number of thiazole rings is 1. The van der Waals surface area contributed by atoms with Gasteiger partial charge in [-0.05, 0) is 31.4 Å². The predicted octanol–water partition coefficient (Wildman–Crippen LogP) is 4.74. The summed E-state index contributed by atoms with van der Waals surface area (Å²) in [6.07, 6.45) is 1.17. The lowest BCUT2D eigenvalue weighted by Crippen LogP contribution is -2.14. The van der Waals surface area contributed by atoms with Crippen LogP contribution in [0.1, 0.15) is 49.2 Å². The summed E-state index contributed by atoms with van der Waals surface area (Å²) in [4.78, 5) is 6.28. The van der Waals surface area contributed by atoms with E-state index in [1.165, 1.54) is 28.1 Å². The first-order chi connectivity index (χ1) is 9.63. The zero-order valence-electron chi connectivity index (χ0n) is 12.9. The molecule has 0 unspecified atom stereocenters. The molecule has 0 aliphatic rings. The van der Waals surface area contributed by atoms with E-state index in [0.717, 1.165) is 18.1 Å². The molecule has 0 amide bonds. The Bertz CT molecular complexity index is 558. The van der Waals surface area contributed by atoms with Gasteiger partial charge in [0, 0.05) is 17.0 Å². The van der Waals surface area contributed by atoms with Crippen molar-refractivity contribution in [3.8, 4) is 10.6 Å². The van der Waals surface area contributed by atoms with Crippen molar-refractivity contribution >= 4 is 11.3 Å². The summed E-state index contributed by atoms with van der Waals surface area (Å²) in [5.74, 6) is 0.474. The van der Waals surface area contributed by atoms with Crippen molar-refractivity contribution in [2.24, 2.45) is 0 Å². The molecule has 0 saturated carbocycles. The molecule has 1 aromatic heterocycles. The van der Waals surface area contributed by atoms with Gasteiger partial charge in [0.05, 0.1) is 5.69 Å². The highest BCUT2D eigenvalue weighted by molar-refractivity contribution is 7.15. The van der Waals surface area contributed by atoms with Crippen molar-refractivity contribution in [3.05, 3.63) is 40.4 Å². The first-order valence-electron chi connectivity index (χ1n) is 7.39. The molecule has 2 rings (SSSR count). The third-order valence-corrected chi connectivity index (χ3v) is 4.47. The zero-order chi connectivity index (χ0) is 14.5. The number of hydrogen-bond acceptors (Lipinski definition) is 3. The van der Waals surface area contributed by atoms with Crippen molar-refractivity contribution in [1.29, 1.82) is 0 Å². The van der Waals surface area contributed by atoms with E-state index in [-0.39, 0.29) is 0 Å². The molecular formula is C17H24N2S. The quantitative estimate of drug-likeness (QED) is 0.776. The van der Waals surface area contributed by atoms with Crippen LogP contribution in [0.2, 0.25) is 0 Å². The molecule has 2 nitrogen and oxygen atoms in total. The van der Waals surface area contributed by atoms with E-state index in [0.29, 0.717) is 5.92 Å². The van der Waals surface area contributed by atoms with Crippen LogP contribution in [0.25, 0.3) is 10.6 Å². The maximum absolute atomic E-state index is 4.90. The fraction of sp³-hybridized carbons (Fsp3) is 0.471. The van der Waals surface area contributed by atoms with E-state index in [4.69, 9.17) is 4.98 Å². The van der Waals surface area contributed by atoms with Gasteiger partial charge in [0.2, 0.25) is 0 Å². The number of rotatable bonds is 6. The van der Waals surface area contributed by atoms with E-state index in [1.807, 2.05) is 11.3 Å². The second-order valence-electron chi connectivity index (χ2n) is 5.47. The summed E-state index contributed by atoms with van der Waals surface area (Å²) in [5.41, 5.74) is 3.81. The molecule has 1 heterocycles. The lowest BCUT2D eigenvalue weighted by atomic mass is 10.1. The molecule has 108 valence electrons. The van der Waals surface area contributed by atoms with Crippen LogP contribution in [0.15, 0.2) is 24.3 Å². The lowest BCUT2D eigenvalue weighted by molar-refractivity contribution is 0.670. The summed E-state index contributed by atoms with van der Waals surface area (Å²) in [6, 6.07) is 8.50. The Kier molecular flexibility index (Phi) is 5.32. The third-order valence-electron chi connectivity index (χ3n) is 3.36. The third kappa shape index (κ3) is 3.47. The maximum Gasteiger partial charge on any atom is 0.124 e. The average Bonchev–Trinajstić information content (AvgIpc) is 2.84. The van der Waals surface area contributed by atoms with E-state index in [9.17, 15) is 0 Å².